The molecule has 6 nitrogen and oxygen atoms in total. The Balaban J connectivity index is 1.61. The highest BCUT2D eigenvalue weighted by molar-refractivity contribution is 5.95. The van der Waals surface area contributed by atoms with E-state index in [1.54, 1.807) is 24.5 Å². The van der Waals surface area contributed by atoms with Gasteiger partial charge in [-0.2, -0.15) is 0 Å². The zero-order valence-electron chi connectivity index (χ0n) is 16.3. The van der Waals surface area contributed by atoms with Crippen LogP contribution in [0.1, 0.15) is 43.2 Å². The molecule has 1 aromatic heterocycles. The van der Waals surface area contributed by atoms with Crippen LogP contribution in [0.15, 0.2) is 42.7 Å². The highest BCUT2D eigenvalue weighted by Gasteiger charge is 2.34. The largest absolute Gasteiger partial charge is 0.392 e. The molecular weight excluding hydrogens is 371 g/mol. The second-order valence-corrected chi connectivity index (χ2v) is 8.22. The number of aromatic nitrogens is 1. The molecule has 1 saturated heterocycles. The Morgan fingerprint density at radius 2 is 2.03 bits per heavy atom. The van der Waals surface area contributed by atoms with Gasteiger partial charge in [-0.1, -0.05) is 18.9 Å². The lowest BCUT2D eigenvalue weighted by Crippen LogP contribution is -2.39. The summed E-state index contributed by atoms with van der Waals surface area (Å²) in [7, 11) is 0. The van der Waals surface area contributed by atoms with Crippen LogP contribution in [-0.2, 0) is 10.3 Å². The normalized spacial score (nSPS) is 23.6. The highest BCUT2D eigenvalue weighted by atomic mass is 19.1. The Labute approximate surface area is 169 Å². The average molecular weight is 398 g/mol. The molecule has 2 aliphatic rings. The third-order valence-electron chi connectivity index (χ3n) is 6.00. The molecule has 3 atom stereocenters. The van der Waals surface area contributed by atoms with Crippen molar-refractivity contribution in [1.82, 2.24) is 10.3 Å². The van der Waals surface area contributed by atoms with Gasteiger partial charge in [0, 0.05) is 18.9 Å². The maximum atomic E-state index is 14.5. The van der Waals surface area contributed by atoms with Crippen LogP contribution in [0.2, 0.25) is 0 Å². The number of nitrogens with one attached hydrogen (secondary N) is 2. The zero-order chi connectivity index (χ0) is 20.4. The molecule has 0 radical (unpaired) electrons. The van der Waals surface area contributed by atoms with Gasteiger partial charge < -0.3 is 21.5 Å². The predicted octanol–water partition coefficient (Wildman–Crippen LogP) is 2.27. The number of amides is 1. The minimum absolute atomic E-state index is 0.103. The molecule has 0 bridgehead atoms. The number of pyridine rings is 1. The molecule has 0 unspecified atom stereocenters. The molecular formula is C22H27FN4O2. The van der Waals surface area contributed by atoms with Crippen molar-refractivity contribution in [2.75, 3.05) is 11.9 Å². The van der Waals surface area contributed by atoms with Crippen molar-refractivity contribution in [1.29, 1.82) is 0 Å². The summed E-state index contributed by atoms with van der Waals surface area (Å²) in [6, 6.07) is 7.91. The molecule has 1 amide bonds. The van der Waals surface area contributed by atoms with Crippen molar-refractivity contribution in [3.05, 3.63) is 59.7 Å². The molecule has 1 aliphatic heterocycles. The second-order valence-electron chi connectivity index (χ2n) is 8.22. The number of carbonyl (C=O) groups excluding carboxylic acids is 1. The van der Waals surface area contributed by atoms with Gasteiger partial charge in [0.25, 0.3) is 0 Å². The van der Waals surface area contributed by atoms with Crippen molar-refractivity contribution in [2.45, 2.75) is 49.8 Å². The van der Waals surface area contributed by atoms with Gasteiger partial charge in [-0.25, -0.2) is 4.39 Å². The highest BCUT2D eigenvalue weighted by Crippen LogP contribution is 2.40. The van der Waals surface area contributed by atoms with Crippen LogP contribution in [0.4, 0.5) is 10.1 Å². The molecule has 29 heavy (non-hydrogen) atoms. The van der Waals surface area contributed by atoms with Crippen molar-refractivity contribution >= 4 is 11.6 Å². The fraction of sp³-hybridized carbons (Fsp3) is 0.455. The summed E-state index contributed by atoms with van der Waals surface area (Å²) < 4.78 is 14.5. The summed E-state index contributed by atoms with van der Waals surface area (Å²) in [5, 5.41) is 15.2. The minimum Gasteiger partial charge on any atom is -0.392 e. The maximum absolute atomic E-state index is 14.5. The summed E-state index contributed by atoms with van der Waals surface area (Å²) in [5.74, 6) is -0.165. The Hall–Kier alpha value is -2.35. The van der Waals surface area contributed by atoms with Crippen LogP contribution in [0.5, 0.6) is 0 Å². The molecule has 2 heterocycles. The summed E-state index contributed by atoms with van der Waals surface area (Å²) in [6.07, 6.45) is 7.36. The van der Waals surface area contributed by atoms with E-state index in [1.807, 2.05) is 12.1 Å². The van der Waals surface area contributed by atoms with Crippen LogP contribution < -0.4 is 16.4 Å². The first-order chi connectivity index (χ1) is 14.0. The van der Waals surface area contributed by atoms with Crippen LogP contribution in [0.25, 0.3) is 0 Å². The van der Waals surface area contributed by atoms with E-state index in [0.29, 0.717) is 18.9 Å². The van der Waals surface area contributed by atoms with E-state index in [2.05, 4.69) is 15.6 Å². The first-order valence-electron chi connectivity index (χ1n) is 10.2. The number of benzene rings is 1. The number of nitrogens with two attached hydrogens (primary N) is 1. The Morgan fingerprint density at radius 1 is 1.28 bits per heavy atom. The number of nitrogens with zero attached hydrogens (tertiary/aromatic N) is 1. The minimum atomic E-state index is -0.791. The maximum Gasteiger partial charge on any atom is 0.241 e. The van der Waals surface area contributed by atoms with Crippen LogP contribution in [0, 0.1) is 11.7 Å². The molecule has 0 spiro atoms. The topological polar surface area (TPSA) is 100 Å². The molecule has 2 aromatic rings. The van der Waals surface area contributed by atoms with Crippen molar-refractivity contribution < 1.29 is 14.3 Å². The van der Waals surface area contributed by atoms with Gasteiger partial charge in [0.15, 0.2) is 0 Å². The summed E-state index contributed by atoms with van der Waals surface area (Å²) in [4.78, 5) is 16.6. The van der Waals surface area contributed by atoms with E-state index in [-0.39, 0.29) is 11.6 Å². The van der Waals surface area contributed by atoms with Gasteiger partial charge in [-0.15, -0.1) is 0 Å². The number of rotatable bonds is 7. The van der Waals surface area contributed by atoms with Gasteiger partial charge in [0.05, 0.1) is 23.4 Å². The van der Waals surface area contributed by atoms with E-state index in [9.17, 15) is 14.3 Å². The average Bonchev–Trinajstić information content (AvgIpc) is 3.46. The van der Waals surface area contributed by atoms with E-state index in [0.717, 1.165) is 24.0 Å². The standard InChI is InChI=1S/C22H27FN4O2/c23-18-4-3-16(11-19(18)27-21(29)20-12-17(28)13-26-20)22(24,8-5-14-1-2-14)15-6-9-25-10-7-15/h3-4,6-7,9-11,14,17,20,26,28H,1-2,5,8,12-13,24H2,(H,27,29)/t17-,20-,22-/m1/s1. The molecule has 1 aromatic carbocycles. The summed E-state index contributed by atoms with van der Waals surface area (Å²) in [6.45, 7) is 0.357. The molecule has 7 heteroatoms. The van der Waals surface area contributed by atoms with Gasteiger partial charge in [-0.05, 0) is 60.6 Å². The zero-order valence-corrected chi connectivity index (χ0v) is 16.3. The molecule has 2 fully saturated rings. The Morgan fingerprint density at radius 3 is 2.69 bits per heavy atom. The van der Waals surface area contributed by atoms with Crippen molar-refractivity contribution in [2.24, 2.45) is 11.7 Å². The predicted molar refractivity (Wildman–Crippen MR) is 109 cm³/mol. The molecule has 1 aliphatic carbocycles. The number of β-amino-alcohol motifs (C(OH)–C–C–N with tert-alkyl or cyclic N) is 1. The van der Waals surface area contributed by atoms with Gasteiger partial charge in [-0.3, -0.25) is 9.78 Å². The summed E-state index contributed by atoms with van der Waals surface area (Å²) in [5.41, 5.74) is 7.87. The van der Waals surface area contributed by atoms with Crippen molar-refractivity contribution in [3.8, 4) is 0 Å². The van der Waals surface area contributed by atoms with Crippen LogP contribution in [-0.4, -0.2) is 34.7 Å². The van der Waals surface area contributed by atoms with Gasteiger partial charge >= 0.3 is 0 Å². The third-order valence-corrected chi connectivity index (χ3v) is 6.00. The summed E-state index contributed by atoms with van der Waals surface area (Å²) >= 11 is 0. The number of hydrogen-bond acceptors (Lipinski definition) is 5. The lowest BCUT2D eigenvalue weighted by molar-refractivity contribution is -0.118. The third kappa shape index (κ3) is 4.47. The number of anilines is 1. The van der Waals surface area contributed by atoms with Crippen molar-refractivity contribution in [3.63, 3.8) is 0 Å². The molecule has 154 valence electrons. The van der Waals surface area contributed by atoms with Crippen LogP contribution in [0.3, 0.4) is 0 Å². The number of aliphatic hydroxyl groups is 1. The molecule has 4 rings (SSSR count). The number of hydrogen-bond donors (Lipinski definition) is 4. The van der Waals surface area contributed by atoms with E-state index >= 15 is 0 Å². The van der Waals surface area contributed by atoms with E-state index in [4.69, 9.17) is 5.73 Å². The van der Waals surface area contributed by atoms with E-state index in [1.165, 1.54) is 18.9 Å². The monoisotopic (exact) mass is 398 g/mol. The first-order valence-corrected chi connectivity index (χ1v) is 10.2. The number of carbonyl (C=O) groups is 1. The van der Waals surface area contributed by atoms with Gasteiger partial charge in [0.2, 0.25) is 5.91 Å². The number of halogens is 1. The Kier molecular flexibility index (Phi) is 5.63. The SMILES string of the molecule is N[C@](CCC1CC1)(c1ccncc1)c1ccc(F)c(NC(=O)[C@H]2C[C@@H](O)CN2)c1. The smallest absolute Gasteiger partial charge is 0.241 e. The lowest BCUT2D eigenvalue weighted by atomic mass is 9.79. The molecule has 5 N–H and O–H groups in total. The molecule has 1 saturated carbocycles. The second kappa shape index (κ2) is 8.18. The first kappa shape index (κ1) is 19.9. The van der Waals surface area contributed by atoms with Gasteiger partial charge in [0.1, 0.15) is 5.82 Å². The quantitative estimate of drug-likeness (QED) is 0.573. The van der Waals surface area contributed by atoms with Crippen LogP contribution >= 0.6 is 0 Å². The Bertz CT molecular complexity index is 874. The number of aliphatic hydroxyl groups excluding tert-OH is 1. The fourth-order valence-electron chi connectivity index (χ4n) is 3.98. The fourth-order valence-corrected chi connectivity index (χ4v) is 3.98. The van der Waals surface area contributed by atoms with E-state index < -0.39 is 23.5 Å². The lowest BCUT2D eigenvalue weighted by Gasteiger charge is -2.31.